The van der Waals surface area contributed by atoms with Gasteiger partial charge >= 0.3 is 0 Å². The third-order valence-corrected chi connectivity index (χ3v) is 2.88. The fourth-order valence-corrected chi connectivity index (χ4v) is 1.67. The lowest BCUT2D eigenvalue weighted by Crippen LogP contribution is -2.25. The second kappa shape index (κ2) is 2.35. The van der Waals surface area contributed by atoms with E-state index < -0.39 is 8.96 Å². The molecule has 0 unspecified atom stereocenters. The Balaban J connectivity index is 2.85. The minimum Gasteiger partial charge on any atom is -0.290 e. The number of imidazole rings is 1. The highest BCUT2D eigenvalue weighted by atomic mass is 28.3. The molecule has 0 radical (unpaired) electrons. The summed E-state index contributed by atoms with van der Waals surface area (Å²) in [6, 6.07) is 0. The maximum absolute atomic E-state index is 2.31. The van der Waals surface area contributed by atoms with Crippen LogP contribution in [0, 0.1) is 0 Å². The summed E-state index contributed by atoms with van der Waals surface area (Å²) in [7, 11) is 1.44. The Bertz CT molecular complexity index is 193. The largest absolute Gasteiger partial charge is 0.290 e. The molecule has 0 saturated carbocycles. The minimum atomic E-state index is -0.612. The molecule has 1 aromatic heterocycles. The highest BCUT2D eigenvalue weighted by Gasteiger charge is 2.04. The summed E-state index contributed by atoms with van der Waals surface area (Å²) >= 11 is 0. The Morgan fingerprint density at radius 3 is 2.33 bits per heavy atom. The van der Waals surface area contributed by atoms with Gasteiger partial charge in [0.25, 0.3) is 0 Å². The molecule has 0 fully saturated rings. The summed E-state index contributed by atoms with van der Waals surface area (Å²) in [5.74, 6) is 0. The van der Waals surface area contributed by atoms with E-state index in [-0.39, 0.29) is 0 Å². The van der Waals surface area contributed by atoms with Gasteiger partial charge in [-0.05, 0) is 13.1 Å². The van der Waals surface area contributed by atoms with Crippen molar-refractivity contribution in [3.63, 3.8) is 0 Å². The average molecular weight is 141 g/mol. The lowest BCUT2D eigenvalue weighted by molar-refractivity contribution is -0.670. The highest BCUT2D eigenvalue weighted by molar-refractivity contribution is 6.53. The molecule has 0 spiro atoms. The first-order chi connectivity index (χ1) is 4.20. The van der Waals surface area contributed by atoms with Gasteiger partial charge in [0.1, 0.15) is 12.4 Å². The molecule has 9 heavy (non-hydrogen) atoms. The normalized spacial score (nSPS) is 10.7. The zero-order valence-electron chi connectivity index (χ0n) is 6.20. The van der Waals surface area contributed by atoms with Crippen molar-refractivity contribution in [1.82, 2.24) is 4.23 Å². The van der Waals surface area contributed by atoms with E-state index in [2.05, 4.69) is 40.6 Å². The molecule has 1 heterocycles. The molecule has 50 valence electrons. The number of aryl methyl sites for hydroxylation is 1. The van der Waals surface area contributed by atoms with E-state index in [0.717, 1.165) is 0 Å². The molecule has 3 heteroatoms. The first kappa shape index (κ1) is 6.55. The minimum absolute atomic E-state index is 0.612. The molecule has 0 bridgehead atoms. The van der Waals surface area contributed by atoms with Crippen LogP contribution < -0.4 is 4.57 Å². The van der Waals surface area contributed by atoms with Crippen molar-refractivity contribution in [2.24, 2.45) is 7.05 Å². The molecule has 1 aromatic rings. The molecule has 0 aliphatic heterocycles. The molecular formula is C6H13N2Si+. The predicted octanol–water partition coefficient (Wildman–Crippen LogP) is 0.144. The second-order valence-corrected chi connectivity index (χ2v) is 5.40. The van der Waals surface area contributed by atoms with Crippen LogP contribution in [-0.2, 0) is 7.05 Å². The van der Waals surface area contributed by atoms with Crippen molar-refractivity contribution >= 4 is 8.96 Å². The number of aromatic nitrogens is 2. The zero-order chi connectivity index (χ0) is 6.85. The van der Waals surface area contributed by atoms with E-state index in [1.807, 2.05) is 7.05 Å². The van der Waals surface area contributed by atoms with Crippen LogP contribution in [0.3, 0.4) is 0 Å². The number of hydrogen-bond acceptors (Lipinski definition) is 0. The molecular weight excluding hydrogens is 128 g/mol. The summed E-state index contributed by atoms with van der Waals surface area (Å²) in [6.07, 6.45) is 6.35. The number of hydrogen-bond donors (Lipinski definition) is 0. The first-order valence-corrected chi connectivity index (χ1v) is 6.05. The summed E-state index contributed by atoms with van der Waals surface area (Å²) in [5.41, 5.74) is 0. The molecule has 0 N–H and O–H groups in total. The van der Waals surface area contributed by atoms with Crippen molar-refractivity contribution in [3.05, 3.63) is 18.7 Å². The Hall–Kier alpha value is -0.573. The molecule has 0 aromatic carbocycles. The van der Waals surface area contributed by atoms with Gasteiger partial charge in [0.05, 0.1) is 7.05 Å². The summed E-state index contributed by atoms with van der Waals surface area (Å²) in [5, 5.41) is 0. The van der Waals surface area contributed by atoms with Gasteiger partial charge in [-0.25, -0.2) is 4.57 Å². The van der Waals surface area contributed by atoms with Crippen LogP contribution in [0.2, 0.25) is 13.1 Å². The Morgan fingerprint density at radius 2 is 2.11 bits per heavy atom. The fourth-order valence-electron chi connectivity index (χ4n) is 0.775. The van der Waals surface area contributed by atoms with Gasteiger partial charge < -0.3 is 0 Å². The number of nitrogens with zero attached hydrogens (tertiary/aromatic N) is 2. The van der Waals surface area contributed by atoms with Crippen molar-refractivity contribution < 1.29 is 4.57 Å². The maximum Gasteiger partial charge on any atom is 0.244 e. The molecule has 2 nitrogen and oxygen atoms in total. The molecule has 0 atom stereocenters. The van der Waals surface area contributed by atoms with Gasteiger partial charge in [0.15, 0.2) is 0 Å². The third kappa shape index (κ3) is 1.42. The zero-order valence-corrected chi connectivity index (χ0v) is 7.36. The maximum atomic E-state index is 2.31. The van der Waals surface area contributed by atoms with Gasteiger partial charge in [-0.3, -0.25) is 4.23 Å². The monoisotopic (exact) mass is 141 g/mol. The average Bonchev–Trinajstić information content (AvgIpc) is 2.14. The Labute approximate surface area is 57.4 Å². The quantitative estimate of drug-likeness (QED) is 0.389. The van der Waals surface area contributed by atoms with Crippen molar-refractivity contribution in [3.8, 4) is 0 Å². The fraction of sp³-hybridized carbons (Fsp3) is 0.500. The predicted molar refractivity (Wildman–Crippen MR) is 39.9 cm³/mol. The topological polar surface area (TPSA) is 8.81 Å². The molecule has 0 saturated heterocycles. The van der Waals surface area contributed by atoms with Crippen LogP contribution in [0.1, 0.15) is 0 Å². The Morgan fingerprint density at radius 1 is 1.44 bits per heavy atom. The van der Waals surface area contributed by atoms with E-state index in [0.29, 0.717) is 0 Å². The van der Waals surface area contributed by atoms with Crippen molar-refractivity contribution in [2.45, 2.75) is 13.1 Å². The molecule has 0 aliphatic carbocycles. The van der Waals surface area contributed by atoms with Crippen LogP contribution in [0.5, 0.6) is 0 Å². The van der Waals surface area contributed by atoms with Gasteiger partial charge in [0, 0.05) is 0 Å². The van der Waals surface area contributed by atoms with Gasteiger partial charge in [0.2, 0.25) is 15.3 Å². The highest BCUT2D eigenvalue weighted by Crippen LogP contribution is 1.85. The standard InChI is InChI=1S/C6H13N2Si/c1-7-4-5-8(6-7)9(2)3/h4-6,9H,1-3H3/q+1. The van der Waals surface area contributed by atoms with Crippen LogP contribution in [0.15, 0.2) is 18.7 Å². The lowest BCUT2D eigenvalue weighted by atomic mass is 10.9. The summed E-state index contributed by atoms with van der Waals surface area (Å²) in [6.45, 7) is 4.61. The van der Waals surface area contributed by atoms with Crippen LogP contribution in [0.25, 0.3) is 0 Å². The summed E-state index contributed by atoms with van der Waals surface area (Å²) in [4.78, 5) is 0. The third-order valence-electron chi connectivity index (χ3n) is 1.39. The summed E-state index contributed by atoms with van der Waals surface area (Å²) < 4.78 is 4.38. The second-order valence-electron chi connectivity index (χ2n) is 2.62. The van der Waals surface area contributed by atoms with Crippen LogP contribution in [0.4, 0.5) is 0 Å². The van der Waals surface area contributed by atoms with E-state index >= 15 is 0 Å². The molecule has 0 aliphatic rings. The number of rotatable bonds is 1. The van der Waals surface area contributed by atoms with Crippen LogP contribution >= 0.6 is 0 Å². The van der Waals surface area contributed by atoms with Gasteiger partial charge in [-0.2, -0.15) is 0 Å². The SMILES string of the molecule is C[n+]1ccn([SiH](C)C)c1. The van der Waals surface area contributed by atoms with Crippen molar-refractivity contribution in [2.75, 3.05) is 0 Å². The van der Waals surface area contributed by atoms with E-state index in [4.69, 9.17) is 0 Å². The van der Waals surface area contributed by atoms with E-state index in [1.54, 1.807) is 0 Å². The Kier molecular flexibility index (Phi) is 1.71. The lowest BCUT2D eigenvalue weighted by Gasteiger charge is -1.93. The van der Waals surface area contributed by atoms with E-state index in [1.165, 1.54) is 0 Å². The smallest absolute Gasteiger partial charge is 0.244 e. The van der Waals surface area contributed by atoms with E-state index in [9.17, 15) is 0 Å². The molecule has 1 rings (SSSR count). The first-order valence-electron chi connectivity index (χ1n) is 3.23. The van der Waals surface area contributed by atoms with Crippen LogP contribution in [-0.4, -0.2) is 13.2 Å². The van der Waals surface area contributed by atoms with Crippen molar-refractivity contribution in [1.29, 1.82) is 0 Å². The molecule has 0 amide bonds. The van der Waals surface area contributed by atoms with Gasteiger partial charge in [-0.1, -0.05) is 0 Å². The van der Waals surface area contributed by atoms with Gasteiger partial charge in [-0.15, -0.1) is 0 Å².